The minimum absolute atomic E-state index is 0.203. The van der Waals surface area contributed by atoms with E-state index in [1.54, 1.807) is 26.0 Å². The summed E-state index contributed by atoms with van der Waals surface area (Å²) in [6.07, 6.45) is 3.70. The molecule has 0 unspecified atom stereocenters. The molecule has 0 bridgehead atoms. The fourth-order valence-electron chi connectivity index (χ4n) is 3.78. The second-order valence-electron chi connectivity index (χ2n) is 8.95. The van der Waals surface area contributed by atoms with E-state index in [0.29, 0.717) is 17.0 Å². The van der Waals surface area contributed by atoms with Crippen molar-refractivity contribution >= 4 is 20.9 Å². The third kappa shape index (κ3) is 3.41. The second kappa shape index (κ2) is 6.34. The van der Waals surface area contributed by atoms with Crippen molar-refractivity contribution in [3.8, 4) is 0 Å². The summed E-state index contributed by atoms with van der Waals surface area (Å²) in [5.41, 5.74) is 0.665. The molecule has 1 N–H and O–H groups in total. The summed E-state index contributed by atoms with van der Waals surface area (Å²) in [7, 11) is -3.34. The zero-order valence-corrected chi connectivity index (χ0v) is 17.2. The Kier molecular flexibility index (Phi) is 4.72. The van der Waals surface area contributed by atoms with Gasteiger partial charge >= 0.3 is 0 Å². The average molecular weight is 379 g/mol. The van der Waals surface area contributed by atoms with Gasteiger partial charge in [0.1, 0.15) is 5.82 Å². The summed E-state index contributed by atoms with van der Waals surface area (Å²) in [5.74, 6) is 0.881. The number of sulfone groups is 1. The van der Waals surface area contributed by atoms with Gasteiger partial charge in [-0.25, -0.2) is 13.4 Å². The Morgan fingerprint density at radius 3 is 2.38 bits per heavy atom. The summed E-state index contributed by atoms with van der Waals surface area (Å²) in [4.78, 5) is 5.09. The number of hydrogen-bond acceptors (Lipinski definition) is 4. The Hall–Kier alpha value is -1.40. The number of nitrogens with zero attached hydrogens (tertiary/aromatic N) is 2. The van der Waals surface area contributed by atoms with E-state index >= 15 is 0 Å². The Balaban J connectivity index is 2.16. The Morgan fingerprint density at radius 2 is 1.85 bits per heavy atom. The molecule has 1 fully saturated rings. The number of fused-ring (bicyclic) bond motifs is 1. The van der Waals surface area contributed by atoms with Crippen LogP contribution in [0.15, 0.2) is 23.1 Å². The van der Waals surface area contributed by atoms with Crippen LogP contribution in [0.2, 0.25) is 0 Å². The van der Waals surface area contributed by atoms with E-state index in [1.165, 1.54) is 0 Å². The first-order valence-electron chi connectivity index (χ1n) is 9.41. The summed E-state index contributed by atoms with van der Waals surface area (Å²) in [5, 5.41) is 10.5. The van der Waals surface area contributed by atoms with Crippen molar-refractivity contribution in [1.82, 2.24) is 9.55 Å². The molecule has 1 saturated carbocycles. The zero-order chi connectivity index (χ0) is 19.3. The first kappa shape index (κ1) is 19.4. The SMILES string of the molecule is CC(C)S(=O)(=O)c1ccc2c(c1)nc(C(C)(C)C)n2CC1(O)CCCC1. The van der Waals surface area contributed by atoms with Crippen LogP contribution in [0.5, 0.6) is 0 Å². The summed E-state index contributed by atoms with van der Waals surface area (Å²) >= 11 is 0. The summed E-state index contributed by atoms with van der Waals surface area (Å²) < 4.78 is 27.1. The third-order valence-electron chi connectivity index (χ3n) is 5.33. The molecule has 26 heavy (non-hydrogen) atoms. The van der Waals surface area contributed by atoms with E-state index in [4.69, 9.17) is 4.98 Å². The van der Waals surface area contributed by atoms with Crippen LogP contribution in [-0.2, 0) is 21.8 Å². The van der Waals surface area contributed by atoms with Gasteiger partial charge in [0.15, 0.2) is 9.84 Å². The van der Waals surface area contributed by atoms with Crippen LogP contribution in [0.25, 0.3) is 11.0 Å². The second-order valence-corrected chi connectivity index (χ2v) is 11.5. The lowest BCUT2D eigenvalue weighted by atomic mass is 9.94. The zero-order valence-electron chi connectivity index (χ0n) is 16.4. The molecule has 0 amide bonds. The molecule has 1 aliphatic rings. The maximum Gasteiger partial charge on any atom is 0.180 e. The molecule has 0 atom stereocenters. The van der Waals surface area contributed by atoms with Gasteiger partial charge in [-0.15, -0.1) is 0 Å². The smallest absolute Gasteiger partial charge is 0.180 e. The molecule has 1 aromatic heterocycles. The van der Waals surface area contributed by atoms with Crippen molar-refractivity contribution < 1.29 is 13.5 Å². The van der Waals surface area contributed by atoms with E-state index in [9.17, 15) is 13.5 Å². The van der Waals surface area contributed by atoms with Gasteiger partial charge in [-0.05, 0) is 44.9 Å². The van der Waals surface area contributed by atoms with Gasteiger partial charge in [0.05, 0.1) is 33.3 Å². The predicted octanol–water partition coefficient (Wildman–Crippen LogP) is 3.82. The Bertz CT molecular complexity index is 914. The molecule has 0 spiro atoms. The van der Waals surface area contributed by atoms with Crippen LogP contribution in [0.3, 0.4) is 0 Å². The molecule has 6 heteroatoms. The minimum atomic E-state index is -3.34. The molecular formula is C20H30N2O3S. The monoisotopic (exact) mass is 378 g/mol. The van der Waals surface area contributed by atoms with Crippen molar-refractivity contribution in [3.63, 3.8) is 0 Å². The first-order valence-corrected chi connectivity index (χ1v) is 11.0. The highest BCUT2D eigenvalue weighted by molar-refractivity contribution is 7.92. The fraction of sp³-hybridized carbons (Fsp3) is 0.650. The van der Waals surface area contributed by atoms with E-state index in [-0.39, 0.29) is 5.41 Å². The number of aliphatic hydroxyl groups is 1. The lowest BCUT2D eigenvalue weighted by Crippen LogP contribution is -2.33. The molecule has 144 valence electrons. The van der Waals surface area contributed by atoms with Crippen molar-refractivity contribution in [2.75, 3.05) is 0 Å². The standard InChI is InChI=1S/C20H30N2O3S/c1-14(2)26(24,25)15-8-9-17-16(12-15)21-18(19(3,4)5)22(17)13-20(23)10-6-7-11-20/h8-9,12,14,23H,6-7,10-11,13H2,1-5H3. The number of rotatable bonds is 4. The van der Waals surface area contributed by atoms with Crippen LogP contribution in [0.4, 0.5) is 0 Å². The molecule has 0 aliphatic heterocycles. The fourth-order valence-corrected chi connectivity index (χ4v) is 4.85. The molecule has 3 rings (SSSR count). The quantitative estimate of drug-likeness (QED) is 0.878. The normalized spacial score (nSPS) is 18.1. The van der Waals surface area contributed by atoms with Crippen molar-refractivity contribution in [3.05, 3.63) is 24.0 Å². The summed E-state index contributed by atoms with van der Waals surface area (Å²) in [6.45, 7) is 10.2. The first-order chi connectivity index (χ1) is 11.9. The van der Waals surface area contributed by atoms with Crippen LogP contribution in [0, 0.1) is 0 Å². The van der Waals surface area contributed by atoms with E-state index in [1.807, 2.05) is 6.07 Å². The van der Waals surface area contributed by atoms with Gasteiger partial charge in [-0.2, -0.15) is 0 Å². The van der Waals surface area contributed by atoms with Gasteiger partial charge in [-0.1, -0.05) is 33.6 Å². The van der Waals surface area contributed by atoms with Gasteiger partial charge < -0.3 is 9.67 Å². The lowest BCUT2D eigenvalue weighted by molar-refractivity contribution is 0.0296. The van der Waals surface area contributed by atoms with E-state index in [2.05, 4.69) is 25.3 Å². The van der Waals surface area contributed by atoms with Crippen molar-refractivity contribution in [2.24, 2.45) is 0 Å². The van der Waals surface area contributed by atoms with E-state index in [0.717, 1.165) is 37.0 Å². The van der Waals surface area contributed by atoms with Gasteiger partial charge in [0.25, 0.3) is 0 Å². The molecular weight excluding hydrogens is 348 g/mol. The third-order valence-corrected chi connectivity index (χ3v) is 7.48. The maximum atomic E-state index is 12.5. The largest absolute Gasteiger partial charge is 0.388 e. The number of hydrogen-bond donors (Lipinski definition) is 1. The molecule has 1 aromatic carbocycles. The van der Waals surface area contributed by atoms with Crippen molar-refractivity contribution in [2.45, 2.75) is 88.0 Å². The molecule has 0 saturated heterocycles. The van der Waals surface area contributed by atoms with E-state index < -0.39 is 20.7 Å². The topological polar surface area (TPSA) is 72.2 Å². The number of aromatic nitrogens is 2. The Labute approximate surface area is 156 Å². The predicted molar refractivity (Wildman–Crippen MR) is 104 cm³/mol. The van der Waals surface area contributed by atoms with Crippen molar-refractivity contribution in [1.29, 1.82) is 0 Å². The van der Waals surface area contributed by atoms with Crippen LogP contribution in [0.1, 0.15) is 66.1 Å². The molecule has 5 nitrogen and oxygen atoms in total. The number of imidazole rings is 1. The highest BCUT2D eigenvalue weighted by atomic mass is 32.2. The lowest BCUT2D eigenvalue weighted by Gasteiger charge is -2.27. The Morgan fingerprint density at radius 1 is 1.23 bits per heavy atom. The highest BCUT2D eigenvalue weighted by Crippen LogP contribution is 2.35. The van der Waals surface area contributed by atoms with Crippen LogP contribution in [-0.4, -0.2) is 33.9 Å². The molecule has 2 aromatic rings. The number of benzene rings is 1. The molecule has 1 heterocycles. The highest BCUT2D eigenvalue weighted by Gasteiger charge is 2.34. The van der Waals surface area contributed by atoms with Crippen LogP contribution >= 0.6 is 0 Å². The average Bonchev–Trinajstić information content (AvgIpc) is 3.11. The van der Waals surface area contributed by atoms with Gasteiger partial charge in [0, 0.05) is 5.41 Å². The summed E-state index contributed by atoms with van der Waals surface area (Å²) in [6, 6.07) is 5.18. The minimum Gasteiger partial charge on any atom is -0.388 e. The van der Waals surface area contributed by atoms with Crippen LogP contribution < -0.4 is 0 Å². The van der Waals surface area contributed by atoms with Gasteiger partial charge in [-0.3, -0.25) is 0 Å². The molecule has 0 radical (unpaired) electrons. The molecule has 1 aliphatic carbocycles. The van der Waals surface area contributed by atoms with Gasteiger partial charge in [0.2, 0.25) is 0 Å². The maximum absolute atomic E-state index is 12.5.